The summed E-state index contributed by atoms with van der Waals surface area (Å²) in [6.07, 6.45) is 0.738. The fourth-order valence-electron chi connectivity index (χ4n) is 0.625. The van der Waals surface area contributed by atoms with Crippen LogP contribution in [0.4, 0.5) is 4.79 Å². The van der Waals surface area contributed by atoms with Gasteiger partial charge >= 0.3 is 6.09 Å². The molecule has 0 atom stereocenters. The van der Waals surface area contributed by atoms with Gasteiger partial charge in [0.1, 0.15) is 5.60 Å². The van der Waals surface area contributed by atoms with Crippen molar-refractivity contribution in [2.45, 2.75) is 26.4 Å². The lowest BCUT2D eigenvalue weighted by Gasteiger charge is -2.20. The van der Waals surface area contributed by atoms with E-state index < -0.39 is 11.7 Å². The minimum atomic E-state index is -0.541. The molecule has 0 aliphatic carbocycles. The average Bonchev–Trinajstić information content (AvgIpc) is 1.98. The van der Waals surface area contributed by atoms with Crippen molar-refractivity contribution in [3.8, 4) is 0 Å². The summed E-state index contributed by atoms with van der Waals surface area (Å²) in [5.41, 5.74) is 4.79. The Labute approximate surface area is 102 Å². The molecule has 0 unspecified atom stereocenters. The normalized spacial score (nSPS) is 12.1. The Hall–Kier alpha value is -0.620. The molecule has 0 heterocycles. The molecule has 0 aliphatic heterocycles. The van der Waals surface area contributed by atoms with Crippen molar-refractivity contribution in [3.05, 3.63) is 21.6 Å². The number of alkyl carbamates (subject to hydrolysis) is 1. The Morgan fingerprint density at radius 1 is 1.60 bits per heavy atom. The average molecular weight is 295 g/mol. The zero-order valence-corrected chi connectivity index (χ0v) is 11.4. The molecule has 3 N–H and O–H groups in total. The van der Waals surface area contributed by atoms with Crippen LogP contribution >= 0.6 is 27.7 Å². The second-order valence-corrected chi connectivity index (χ2v) is 6.23. The maximum Gasteiger partial charge on any atom is 0.412 e. The quantitative estimate of drug-likeness (QED) is 0.840. The number of nitrogens with two attached hydrogens (primary N) is 1. The van der Waals surface area contributed by atoms with Gasteiger partial charge in [0, 0.05) is 10.0 Å². The van der Waals surface area contributed by atoms with Gasteiger partial charge in [-0.2, -0.15) is 0 Å². The Morgan fingerprint density at radius 3 is 2.47 bits per heavy atom. The summed E-state index contributed by atoms with van der Waals surface area (Å²) in [4.78, 5) is 11.3. The third-order valence-corrected chi connectivity index (χ3v) is 2.16. The molecular weight excluding hydrogens is 280 g/mol. The van der Waals surface area contributed by atoms with Crippen molar-refractivity contribution >= 4 is 33.8 Å². The third kappa shape index (κ3) is 8.38. The van der Waals surface area contributed by atoms with Gasteiger partial charge in [-0.15, -0.1) is 0 Å². The van der Waals surface area contributed by atoms with Crippen molar-refractivity contribution in [2.75, 3.05) is 0 Å². The summed E-state index contributed by atoms with van der Waals surface area (Å²) >= 11 is 4.35. The number of thioether (sulfide) groups is 1. The first kappa shape index (κ1) is 14.4. The first-order chi connectivity index (χ1) is 6.74. The fraction of sp³-hybridized carbons (Fsp3) is 0.444. The predicted octanol–water partition coefficient (Wildman–Crippen LogP) is 2.87. The van der Waals surface area contributed by atoms with Gasteiger partial charge in [-0.25, -0.2) is 4.79 Å². The van der Waals surface area contributed by atoms with E-state index in [9.17, 15) is 4.79 Å². The lowest BCUT2D eigenvalue weighted by Crippen LogP contribution is -2.31. The highest BCUT2D eigenvalue weighted by molar-refractivity contribution is 9.14. The lowest BCUT2D eigenvalue weighted by molar-refractivity contribution is 0.0550. The van der Waals surface area contributed by atoms with E-state index in [0.717, 1.165) is 0 Å². The standard InChI is InChI=1S/C9H15BrN2O2S/c1-6(10)15-7(5-11)12-8(13)14-9(2,3)4/h5H,1,11H2,2-4H3,(H,12,13)/b7-5-. The molecule has 0 saturated heterocycles. The van der Waals surface area contributed by atoms with Gasteiger partial charge in [0.05, 0.1) is 5.03 Å². The van der Waals surface area contributed by atoms with Gasteiger partial charge in [0.15, 0.2) is 0 Å². The Bertz CT molecular complexity index is 284. The topological polar surface area (TPSA) is 64.3 Å². The van der Waals surface area contributed by atoms with Crippen molar-refractivity contribution in [3.63, 3.8) is 0 Å². The SMILES string of the molecule is C=C(Br)S/C(=C\N)NC(=O)OC(C)(C)C. The third-order valence-electron chi connectivity index (χ3n) is 0.996. The van der Waals surface area contributed by atoms with Crippen LogP contribution in [0.1, 0.15) is 20.8 Å². The van der Waals surface area contributed by atoms with E-state index in [4.69, 9.17) is 10.5 Å². The van der Waals surface area contributed by atoms with Crippen molar-refractivity contribution in [2.24, 2.45) is 5.73 Å². The van der Waals surface area contributed by atoms with E-state index in [-0.39, 0.29) is 0 Å². The predicted molar refractivity (Wildman–Crippen MR) is 67.3 cm³/mol. The molecule has 6 heteroatoms. The van der Waals surface area contributed by atoms with Crippen LogP contribution in [-0.2, 0) is 4.74 Å². The van der Waals surface area contributed by atoms with Crippen molar-refractivity contribution in [1.82, 2.24) is 5.32 Å². The van der Waals surface area contributed by atoms with Crippen LogP contribution < -0.4 is 11.1 Å². The molecule has 0 aliphatic rings. The molecular formula is C9H15BrN2O2S. The van der Waals surface area contributed by atoms with Crippen LogP contribution in [0.2, 0.25) is 0 Å². The van der Waals surface area contributed by atoms with Crippen molar-refractivity contribution < 1.29 is 9.53 Å². The minimum absolute atomic E-state index is 0.464. The molecule has 4 nitrogen and oxygen atoms in total. The summed E-state index contributed by atoms with van der Waals surface area (Å²) < 4.78 is 5.70. The number of rotatable bonds is 3. The monoisotopic (exact) mass is 294 g/mol. The number of ether oxygens (including phenoxy) is 1. The number of nitrogens with one attached hydrogen (secondary N) is 1. The molecule has 0 saturated carbocycles. The molecule has 86 valence electrons. The summed E-state index contributed by atoms with van der Waals surface area (Å²) in [7, 11) is 0. The number of carbonyl (C=O) groups is 1. The summed E-state index contributed by atoms with van der Waals surface area (Å²) in [5, 5.41) is 2.97. The second kappa shape index (κ2) is 6.07. The zero-order valence-electron chi connectivity index (χ0n) is 8.96. The van der Waals surface area contributed by atoms with Crippen LogP contribution in [0.5, 0.6) is 0 Å². The number of hydrogen-bond donors (Lipinski definition) is 2. The maximum atomic E-state index is 11.3. The van der Waals surface area contributed by atoms with E-state index in [0.29, 0.717) is 8.84 Å². The highest BCUT2D eigenvalue weighted by atomic mass is 79.9. The van der Waals surface area contributed by atoms with Crippen LogP contribution in [0, 0.1) is 0 Å². The zero-order chi connectivity index (χ0) is 12.1. The van der Waals surface area contributed by atoms with Crippen LogP contribution in [0.3, 0.4) is 0 Å². The van der Waals surface area contributed by atoms with Crippen molar-refractivity contribution in [1.29, 1.82) is 0 Å². The van der Waals surface area contributed by atoms with Crippen LogP contribution in [0.15, 0.2) is 21.6 Å². The van der Waals surface area contributed by atoms with Crippen LogP contribution in [0.25, 0.3) is 0 Å². The smallest absolute Gasteiger partial charge is 0.412 e. The molecule has 0 fully saturated rings. The second-order valence-electron chi connectivity index (χ2n) is 3.61. The molecule has 0 bridgehead atoms. The van der Waals surface area contributed by atoms with Gasteiger partial charge in [0.2, 0.25) is 0 Å². The molecule has 0 aromatic rings. The Kier molecular flexibility index (Phi) is 5.82. The maximum absolute atomic E-state index is 11.3. The minimum Gasteiger partial charge on any atom is -0.444 e. The van der Waals surface area contributed by atoms with Gasteiger partial charge in [-0.1, -0.05) is 18.3 Å². The Morgan fingerprint density at radius 2 is 2.13 bits per heavy atom. The first-order valence-electron chi connectivity index (χ1n) is 4.19. The van der Waals surface area contributed by atoms with Crippen LogP contribution in [-0.4, -0.2) is 11.7 Å². The van der Waals surface area contributed by atoms with E-state index in [1.165, 1.54) is 18.0 Å². The number of halogens is 1. The number of amides is 1. The van der Waals surface area contributed by atoms with Gasteiger partial charge in [-0.3, -0.25) is 5.32 Å². The van der Waals surface area contributed by atoms with E-state index in [2.05, 4.69) is 27.8 Å². The van der Waals surface area contributed by atoms with Gasteiger partial charge in [-0.05, 0) is 36.7 Å². The molecule has 0 spiro atoms. The highest BCUT2D eigenvalue weighted by Gasteiger charge is 2.16. The molecule has 1 amide bonds. The number of carbonyl (C=O) groups excluding carboxylic acids is 1. The fourth-order valence-corrected chi connectivity index (χ4v) is 1.59. The molecule has 0 aromatic carbocycles. The Balaban J connectivity index is 4.21. The highest BCUT2D eigenvalue weighted by Crippen LogP contribution is 2.25. The first-order valence-corrected chi connectivity index (χ1v) is 5.79. The van der Waals surface area contributed by atoms with E-state index in [1.54, 1.807) is 20.8 Å². The molecule has 0 rings (SSSR count). The molecule has 15 heavy (non-hydrogen) atoms. The van der Waals surface area contributed by atoms with E-state index in [1.807, 2.05) is 0 Å². The lowest BCUT2D eigenvalue weighted by atomic mass is 10.2. The van der Waals surface area contributed by atoms with Gasteiger partial charge in [0.25, 0.3) is 0 Å². The molecule has 0 radical (unpaired) electrons. The summed E-state index contributed by atoms with van der Waals surface area (Å²) in [5.74, 6) is 0. The largest absolute Gasteiger partial charge is 0.444 e. The van der Waals surface area contributed by atoms with E-state index >= 15 is 0 Å². The summed E-state index contributed by atoms with van der Waals surface area (Å²) in [6, 6.07) is 0. The molecule has 0 aromatic heterocycles. The van der Waals surface area contributed by atoms with Gasteiger partial charge < -0.3 is 10.5 Å². The number of hydrogen-bond acceptors (Lipinski definition) is 4. The summed E-state index contributed by atoms with van der Waals surface area (Å²) in [6.45, 7) is 8.98.